The minimum atomic E-state index is -1.44. The molecule has 122 valence electrons. The van der Waals surface area contributed by atoms with Gasteiger partial charge >= 0.3 is 0 Å². The van der Waals surface area contributed by atoms with Gasteiger partial charge in [-0.25, -0.2) is 4.39 Å². The van der Waals surface area contributed by atoms with Crippen molar-refractivity contribution in [1.29, 1.82) is 0 Å². The molecule has 0 spiro atoms. The van der Waals surface area contributed by atoms with Crippen molar-refractivity contribution in [1.82, 2.24) is 4.90 Å². The first kappa shape index (κ1) is 14.8. The summed E-state index contributed by atoms with van der Waals surface area (Å²) in [5, 5.41) is 10.6. The van der Waals surface area contributed by atoms with Crippen LogP contribution in [0.3, 0.4) is 0 Å². The molecule has 2 aromatic rings. The van der Waals surface area contributed by atoms with Gasteiger partial charge in [0, 0.05) is 23.9 Å². The molecule has 0 aliphatic carbocycles. The second-order valence-corrected chi connectivity index (χ2v) is 6.04. The van der Waals surface area contributed by atoms with Gasteiger partial charge in [0.15, 0.2) is 6.10 Å². The second-order valence-electron chi connectivity index (χ2n) is 6.04. The van der Waals surface area contributed by atoms with E-state index in [2.05, 4.69) is 0 Å². The predicted octanol–water partition coefficient (Wildman–Crippen LogP) is 1.25. The smallest absolute Gasteiger partial charge is 0.256 e. The van der Waals surface area contributed by atoms with Crippen molar-refractivity contribution in [3.63, 3.8) is 0 Å². The average molecular weight is 326 g/mol. The molecular weight excluding hydrogens is 311 g/mol. The minimum absolute atomic E-state index is 0.188. The molecule has 0 unspecified atom stereocenters. The van der Waals surface area contributed by atoms with Crippen molar-refractivity contribution in [2.75, 3.05) is 18.5 Å². The number of aliphatic hydroxyl groups is 1. The topological polar surface area (TPSA) is 60.9 Å². The molecule has 6 heteroatoms. The van der Waals surface area contributed by atoms with E-state index in [0.29, 0.717) is 11.3 Å². The van der Waals surface area contributed by atoms with Crippen molar-refractivity contribution < 1.29 is 19.1 Å². The number of anilines is 1. The summed E-state index contributed by atoms with van der Waals surface area (Å²) < 4.78 is 14.6. The lowest BCUT2D eigenvalue weighted by molar-refractivity contribution is -0.181. The highest BCUT2D eigenvalue weighted by Gasteiger charge is 2.65. The van der Waals surface area contributed by atoms with Gasteiger partial charge in [0.05, 0.1) is 0 Å². The fourth-order valence-electron chi connectivity index (χ4n) is 3.75. The van der Waals surface area contributed by atoms with Crippen molar-refractivity contribution >= 4 is 17.5 Å². The molecule has 0 aromatic heterocycles. The number of hydrogen-bond acceptors (Lipinski definition) is 3. The van der Waals surface area contributed by atoms with E-state index >= 15 is 0 Å². The summed E-state index contributed by atoms with van der Waals surface area (Å²) in [7, 11) is 1.61. The number of carbonyl (C=O) groups is 2. The van der Waals surface area contributed by atoms with Crippen molar-refractivity contribution in [2.24, 2.45) is 0 Å². The van der Waals surface area contributed by atoms with Crippen LogP contribution in [0.25, 0.3) is 0 Å². The van der Waals surface area contributed by atoms with Crippen LogP contribution in [0.4, 0.5) is 10.1 Å². The van der Waals surface area contributed by atoms with Crippen molar-refractivity contribution in [3.05, 3.63) is 65.5 Å². The molecule has 1 N–H and O–H groups in total. The lowest BCUT2D eigenvalue weighted by Gasteiger charge is -2.54. The number of halogens is 1. The van der Waals surface area contributed by atoms with Crippen LogP contribution in [0.15, 0.2) is 48.5 Å². The van der Waals surface area contributed by atoms with Crippen LogP contribution in [0.5, 0.6) is 0 Å². The highest BCUT2D eigenvalue weighted by molar-refractivity contribution is 6.04. The Morgan fingerprint density at radius 2 is 1.71 bits per heavy atom. The third kappa shape index (κ3) is 1.61. The Morgan fingerprint density at radius 3 is 2.42 bits per heavy atom. The first-order chi connectivity index (χ1) is 11.5. The number of aliphatic hydroxyl groups excluding tert-OH is 1. The summed E-state index contributed by atoms with van der Waals surface area (Å²) in [5.74, 6) is -1.39. The summed E-state index contributed by atoms with van der Waals surface area (Å²) in [6.45, 7) is -0.213. The summed E-state index contributed by atoms with van der Waals surface area (Å²) in [6, 6.07) is 13.0. The zero-order chi connectivity index (χ0) is 17.1. The number of rotatable bonds is 1. The summed E-state index contributed by atoms with van der Waals surface area (Å²) in [6.07, 6.45) is -1.44. The lowest BCUT2D eigenvalue weighted by atomic mass is 9.69. The van der Waals surface area contributed by atoms with Crippen LogP contribution in [-0.4, -0.2) is 41.5 Å². The monoisotopic (exact) mass is 326 g/mol. The first-order valence-electron chi connectivity index (χ1n) is 7.60. The Hall–Kier alpha value is -2.73. The van der Waals surface area contributed by atoms with Gasteiger partial charge in [0.25, 0.3) is 5.91 Å². The zero-order valence-corrected chi connectivity index (χ0v) is 12.9. The van der Waals surface area contributed by atoms with E-state index in [1.165, 1.54) is 15.9 Å². The number of β-lactam (4-membered cyclic amide) rings is 1. The predicted molar refractivity (Wildman–Crippen MR) is 84.8 cm³/mol. The Labute approximate surface area is 137 Å². The van der Waals surface area contributed by atoms with Gasteiger partial charge in [0.2, 0.25) is 5.91 Å². The lowest BCUT2D eigenvalue weighted by Crippen LogP contribution is -2.73. The number of carbonyl (C=O) groups excluding carboxylic acids is 2. The maximum Gasteiger partial charge on any atom is 0.256 e. The van der Waals surface area contributed by atoms with E-state index in [9.17, 15) is 19.1 Å². The maximum atomic E-state index is 14.6. The zero-order valence-electron chi connectivity index (χ0n) is 12.9. The molecule has 2 aliphatic heterocycles. The molecule has 24 heavy (non-hydrogen) atoms. The second kappa shape index (κ2) is 4.88. The van der Waals surface area contributed by atoms with Gasteiger partial charge < -0.3 is 14.9 Å². The van der Waals surface area contributed by atoms with Gasteiger partial charge in [-0.05, 0) is 12.1 Å². The molecule has 5 nitrogen and oxygen atoms in total. The van der Waals surface area contributed by atoms with Gasteiger partial charge in [0.1, 0.15) is 17.9 Å². The normalized spacial score (nSPS) is 25.7. The number of hydrogen-bond donors (Lipinski definition) is 1. The van der Waals surface area contributed by atoms with Crippen LogP contribution in [-0.2, 0) is 15.1 Å². The third-order valence-corrected chi connectivity index (χ3v) is 4.95. The molecule has 1 fully saturated rings. The molecule has 0 saturated carbocycles. The SMILES string of the molecule is CN1C(=O)CN2C(=O)[C@@H](O)[C@@]2(c2ccccc2F)c2ccccc21. The Kier molecular flexibility index (Phi) is 3.02. The number of nitrogens with zero attached hydrogens (tertiary/aromatic N) is 2. The quantitative estimate of drug-likeness (QED) is 0.803. The standard InChI is InChI=1S/C18H15FN2O3/c1-20-14-9-5-3-7-12(14)18(11-6-2-4-8-13(11)19)16(23)17(24)21(18)10-15(20)22/h2-9,16,23H,10H2,1H3/t16-,18-/m1/s1. The summed E-state index contributed by atoms with van der Waals surface area (Å²) >= 11 is 0. The van der Waals surface area contributed by atoms with Gasteiger partial charge in [-0.15, -0.1) is 0 Å². The minimum Gasteiger partial charge on any atom is -0.380 e. The van der Waals surface area contributed by atoms with E-state index in [1.807, 2.05) is 0 Å². The molecule has 0 radical (unpaired) electrons. The number of benzene rings is 2. The summed E-state index contributed by atoms with van der Waals surface area (Å²) in [4.78, 5) is 27.4. The van der Waals surface area contributed by atoms with Crippen LogP contribution in [0.2, 0.25) is 0 Å². The van der Waals surface area contributed by atoms with Crippen LogP contribution >= 0.6 is 0 Å². The molecule has 2 heterocycles. The number of fused-ring (bicyclic) bond motifs is 3. The highest BCUT2D eigenvalue weighted by Crippen LogP contribution is 2.51. The van der Waals surface area contributed by atoms with E-state index in [1.54, 1.807) is 49.5 Å². The average Bonchev–Trinajstić information content (AvgIpc) is 2.69. The van der Waals surface area contributed by atoms with Crippen LogP contribution in [0.1, 0.15) is 11.1 Å². The molecule has 2 atom stereocenters. The van der Waals surface area contributed by atoms with Gasteiger partial charge in [-0.3, -0.25) is 9.59 Å². The van der Waals surface area contributed by atoms with E-state index in [0.717, 1.165) is 0 Å². The Morgan fingerprint density at radius 1 is 1.08 bits per heavy atom. The molecule has 2 amide bonds. The van der Waals surface area contributed by atoms with Crippen molar-refractivity contribution in [3.8, 4) is 0 Å². The molecule has 2 aliphatic rings. The molecule has 2 aromatic carbocycles. The summed E-state index contributed by atoms with van der Waals surface area (Å²) in [5.41, 5.74) is -0.109. The number of para-hydroxylation sites is 1. The maximum absolute atomic E-state index is 14.6. The molecule has 4 rings (SSSR count). The van der Waals surface area contributed by atoms with Gasteiger partial charge in [-0.1, -0.05) is 36.4 Å². The van der Waals surface area contributed by atoms with E-state index in [4.69, 9.17) is 0 Å². The fraction of sp³-hybridized carbons (Fsp3) is 0.222. The molecule has 0 bridgehead atoms. The third-order valence-electron chi connectivity index (χ3n) is 4.95. The Bertz CT molecular complexity index is 869. The Balaban J connectivity index is 2.08. The fourth-order valence-corrected chi connectivity index (χ4v) is 3.75. The van der Waals surface area contributed by atoms with E-state index < -0.39 is 23.4 Å². The highest BCUT2D eigenvalue weighted by atomic mass is 19.1. The molecular formula is C18H15FN2O3. The largest absolute Gasteiger partial charge is 0.380 e. The first-order valence-corrected chi connectivity index (χ1v) is 7.60. The molecule has 1 saturated heterocycles. The van der Waals surface area contributed by atoms with Gasteiger partial charge in [-0.2, -0.15) is 0 Å². The number of likely N-dealkylation sites (N-methyl/N-ethyl adjacent to an activating group) is 1. The van der Waals surface area contributed by atoms with Crippen LogP contribution in [0, 0.1) is 5.82 Å². The van der Waals surface area contributed by atoms with Crippen LogP contribution < -0.4 is 4.90 Å². The van der Waals surface area contributed by atoms with Crippen molar-refractivity contribution in [2.45, 2.75) is 11.6 Å². The van der Waals surface area contributed by atoms with E-state index in [-0.39, 0.29) is 18.0 Å². The number of amides is 2.